The SMILES string of the molecule is NC(=NCC1(C(F)F)CC1)N1CCSCC1. The molecule has 1 aliphatic carbocycles. The van der Waals surface area contributed by atoms with E-state index in [1.807, 2.05) is 16.7 Å². The van der Waals surface area contributed by atoms with Crippen molar-refractivity contribution in [1.82, 2.24) is 4.90 Å². The van der Waals surface area contributed by atoms with Crippen LogP contribution in [0, 0.1) is 5.41 Å². The largest absolute Gasteiger partial charge is 0.370 e. The zero-order valence-electron chi connectivity index (χ0n) is 9.16. The van der Waals surface area contributed by atoms with Gasteiger partial charge in [-0.05, 0) is 12.8 Å². The molecule has 6 heteroatoms. The van der Waals surface area contributed by atoms with Gasteiger partial charge in [0.15, 0.2) is 5.96 Å². The van der Waals surface area contributed by atoms with Gasteiger partial charge < -0.3 is 10.6 Å². The Morgan fingerprint density at radius 1 is 1.38 bits per heavy atom. The number of hydrogen-bond donors (Lipinski definition) is 1. The average Bonchev–Trinajstić information content (AvgIpc) is 3.08. The molecule has 3 nitrogen and oxygen atoms in total. The smallest absolute Gasteiger partial charge is 0.245 e. The second-order valence-corrected chi connectivity index (χ2v) is 5.66. The number of alkyl halides is 2. The van der Waals surface area contributed by atoms with Gasteiger partial charge in [0, 0.05) is 24.6 Å². The molecule has 0 aromatic rings. The maximum absolute atomic E-state index is 12.6. The van der Waals surface area contributed by atoms with Crippen molar-refractivity contribution in [2.45, 2.75) is 19.3 Å². The lowest BCUT2D eigenvalue weighted by Crippen LogP contribution is -2.43. The monoisotopic (exact) mass is 249 g/mol. The number of hydrogen-bond acceptors (Lipinski definition) is 2. The number of halogens is 2. The van der Waals surface area contributed by atoms with Gasteiger partial charge in [0.2, 0.25) is 6.43 Å². The third kappa shape index (κ3) is 2.59. The fraction of sp³-hybridized carbons (Fsp3) is 0.900. The molecular formula is C10H17F2N3S. The minimum atomic E-state index is -2.26. The van der Waals surface area contributed by atoms with Crippen LogP contribution in [0.25, 0.3) is 0 Å². The summed E-state index contributed by atoms with van der Waals surface area (Å²) in [5.41, 5.74) is 4.95. The van der Waals surface area contributed by atoms with E-state index in [4.69, 9.17) is 5.73 Å². The summed E-state index contributed by atoms with van der Waals surface area (Å²) >= 11 is 1.88. The summed E-state index contributed by atoms with van der Waals surface area (Å²) < 4.78 is 25.3. The summed E-state index contributed by atoms with van der Waals surface area (Å²) in [5.74, 6) is 2.51. The molecule has 1 saturated heterocycles. The molecule has 0 radical (unpaired) electrons. The Kier molecular flexibility index (Phi) is 3.56. The topological polar surface area (TPSA) is 41.6 Å². The molecule has 1 saturated carbocycles. The van der Waals surface area contributed by atoms with E-state index in [9.17, 15) is 8.78 Å². The summed E-state index contributed by atoms with van der Waals surface area (Å²) in [5, 5.41) is 0. The minimum absolute atomic E-state index is 0.181. The molecule has 0 spiro atoms. The number of rotatable bonds is 3. The molecule has 0 bridgehead atoms. The van der Waals surface area contributed by atoms with Crippen molar-refractivity contribution in [3.63, 3.8) is 0 Å². The Morgan fingerprint density at radius 2 is 2.00 bits per heavy atom. The average molecular weight is 249 g/mol. The van der Waals surface area contributed by atoms with Crippen LogP contribution < -0.4 is 5.73 Å². The van der Waals surface area contributed by atoms with Crippen LogP contribution in [0.15, 0.2) is 4.99 Å². The van der Waals surface area contributed by atoms with E-state index >= 15 is 0 Å². The maximum atomic E-state index is 12.6. The highest BCUT2D eigenvalue weighted by molar-refractivity contribution is 7.99. The van der Waals surface area contributed by atoms with Gasteiger partial charge in [0.25, 0.3) is 0 Å². The number of thioether (sulfide) groups is 1. The molecule has 1 heterocycles. The summed E-state index contributed by atoms with van der Waals surface area (Å²) in [6.07, 6.45) is -1.10. The van der Waals surface area contributed by atoms with Crippen LogP contribution in [-0.2, 0) is 0 Å². The Labute approximate surface area is 98.5 Å². The molecule has 92 valence electrons. The summed E-state index contributed by atoms with van der Waals surface area (Å²) in [4.78, 5) is 6.12. The van der Waals surface area contributed by atoms with Crippen molar-refractivity contribution >= 4 is 17.7 Å². The number of nitrogens with zero attached hydrogens (tertiary/aromatic N) is 2. The number of aliphatic imine (C=N–C) groups is 1. The molecule has 2 N–H and O–H groups in total. The van der Waals surface area contributed by atoms with Crippen LogP contribution in [0.5, 0.6) is 0 Å². The van der Waals surface area contributed by atoms with Crippen LogP contribution in [-0.4, -0.2) is 48.4 Å². The van der Waals surface area contributed by atoms with Crippen molar-refractivity contribution < 1.29 is 8.78 Å². The molecule has 0 unspecified atom stereocenters. The zero-order valence-corrected chi connectivity index (χ0v) is 9.98. The molecule has 1 aliphatic heterocycles. The maximum Gasteiger partial charge on any atom is 0.245 e. The Morgan fingerprint density at radius 3 is 2.50 bits per heavy atom. The van der Waals surface area contributed by atoms with E-state index in [2.05, 4.69) is 4.99 Å². The zero-order chi connectivity index (χ0) is 11.6. The summed E-state index contributed by atoms with van der Waals surface area (Å²) in [7, 11) is 0. The van der Waals surface area contributed by atoms with Gasteiger partial charge >= 0.3 is 0 Å². The van der Waals surface area contributed by atoms with Gasteiger partial charge in [-0.15, -0.1) is 0 Å². The fourth-order valence-corrected chi connectivity index (χ4v) is 2.64. The first-order valence-electron chi connectivity index (χ1n) is 5.55. The lowest BCUT2D eigenvalue weighted by atomic mass is 10.1. The molecule has 2 aliphatic rings. The van der Waals surface area contributed by atoms with Crippen LogP contribution in [0.1, 0.15) is 12.8 Å². The van der Waals surface area contributed by atoms with Crippen molar-refractivity contribution in [3.8, 4) is 0 Å². The van der Waals surface area contributed by atoms with Crippen LogP contribution >= 0.6 is 11.8 Å². The number of nitrogens with two attached hydrogens (primary N) is 1. The van der Waals surface area contributed by atoms with Gasteiger partial charge in [0.05, 0.1) is 12.0 Å². The summed E-state index contributed by atoms with van der Waals surface area (Å²) in [6.45, 7) is 1.93. The predicted molar refractivity (Wildman–Crippen MR) is 63.1 cm³/mol. The predicted octanol–water partition coefficient (Wildman–Crippen LogP) is 1.40. The Bertz CT molecular complexity index is 273. The van der Waals surface area contributed by atoms with E-state index in [0.717, 1.165) is 24.6 Å². The molecule has 2 fully saturated rings. The van der Waals surface area contributed by atoms with Gasteiger partial charge in [-0.3, -0.25) is 4.99 Å². The van der Waals surface area contributed by atoms with Crippen LogP contribution in [0.2, 0.25) is 0 Å². The summed E-state index contributed by atoms with van der Waals surface area (Å²) in [6, 6.07) is 0. The lowest BCUT2D eigenvalue weighted by molar-refractivity contribution is 0.0666. The second-order valence-electron chi connectivity index (χ2n) is 4.44. The van der Waals surface area contributed by atoms with E-state index in [-0.39, 0.29) is 6.54 Å². The van der Waals surface area contributed by atoms with E-state index in [1.165, 1.54) is 0 Å². The second kappa shape index (κ2) is 4.77. The Balaban J connectivity index is 1.86. The highest BCUT2D eigenvalue weighted by atomic mass is 32.2. The first-order valence-corrected chi connectivity index (χ1v) is 6.70. The van der Waals surface area contributed by atoms with Gasteiger partial charge in [-0.2, -0.15) is 11.8 Å². The molecule has 0 atom stereocenters. The first-order chi connectivity index (χ1) is 7.64. The van der Waals surface area contributed by atoms with E-state index in [1.54, 1.807) is 0 Å². The normalized spacial score (nSPS) is 24.9. The van der Waals surface area contributed by atoms with E-state index in [0.29, 0.717) is 18.8 Å². The van der Waals surface area contributed by atoms with E-state index < -0.39 is 11.8 Å². The van der Waals surface area contributed by atoms with Crippen molar-refractivity contribution in [1.29, 1.82) is 0 Å². The van der Waals surface area contributed by atoms with Gasteiger partial charge in [0.1, 0.15) is 0 Å². The molecule has 0 aromatic heterocycles. The lowest BCUT2D eigenvalue weighted by Gasteiger charge is -2.27. The molecular weight excluding hydrogens is 232 g/mol. The standard InChI is InChI=1S/C10H17F2N3S/c11-8(12)10(1-2-10)7-14-9(13)15-3-5-16-6-4-15/h8H,1-7H2,(H2,13,14). The van der Waals surface area contributed by atoms with Crippen molar-refractivity contribution in [2.24, 2.45) is 16.1 Å². The van der Waals surface area contributed by atoms with Crippen LogP contribution in [0.4, 0.5) is 8.78 Å². The van der Waals surface area contributed by atoms with Crippen LogP contribution in [0.3, 0.4) is 0 Å². The minimum Gasteiger partial charge on any atom is -0.370 e. The van der Waals surface area contributed by atoms with Crippen molar-refractivity contribution in [2.75, 3.05) is 31.1 Å². The highest BCUT2D eigenvalue weighted by Crippen LogP contribution is 2.50. The molecule has 2 rings (SSSR count). The molecule has 0 aromatic carbocycles. The number of guanidine groups is 1. The highest BCUT2D eigenvalue weighted by Gasteiger charge is 2.50. The van der Waals surface area contributed by atoms with Gasteiger partial charge in [-0.1, -0.05) is 0 Å². The third-order valence-corrected chi connectivity index (χ3v) is 4.19. The molecule has 0 amide bonds. The first kappa shape index (κ1) is 12.0. The third-order valence-electron chi connectivity index (χ3n) is 3.25. The molecule has 16 heavy (non-hydrogen) atoms. The fourth-order valence-electron chi connectivity index (χ4n) is 1.74. The Hall–Kier alpha value is -0.520. The quantitative estimate of drug-likeness (QED) is 0.607. The van der Waals surface area contributed by atoms with Crippen molar-refractivity contribution in [3.05, 3.63) is 0 Å². The van der Waals surface area contributed by atoms with Gasteiger partial charge in [-0.25, -0.2) is 8.78 Å².